The minimum Gasteiger partial charge on any atom is -0.494 e. The van der Waals surface area contributed by atoms with E-state index in [9.17, 15) is 14.0 Å². The number of carbonyl (C=O) groups is 2. The number of ether oxygens (including phenoxy) is 1. The third kappa shape index (κ3) is 6.41. The summed E-state index contributed by atoms with van der Waals surface area (Å²) in [6, 6.07) is 12.5. The van der Waals surface area contributed by atoms with Gasteiger partial charge in [-0.2, -0.15) is 0 Å². The number of aryl methyl sites for hydroxylation is 1. The van der Waals surface area contributed by atoms with Crippen molar-refractivity contribution >= 4 is 17.9 Å². The lowest BCUT2D eigenvalue weighted by molar-refractivity contribution is -0.132. The second-order valence-electron chi connectivity index (χ2n) is 7.74. The molecule has 0 aliphatic carbocycles. The molecule has 2 aromatic rings. The van der Waals surface area contributed by atoms with Crippen LogP contribution in [0.5, 0.6) is 5.75 Å². The third-order valence-corrected chi connectivity index (χ3v) is 5.49. The first-order valence-electron chi connectivity index (χ1n) is 10.7. The number of nitrogens with one attached hydrogen (secondary N) is 1. The van der Waals surface area contributed by atoms with Gasteiger partial charge in [0.05, 0.1) is 6.61 Å². The maximum absolute atomic E-state index is 13.6. The van der Waals surface area contributed by atoms with Crippen molar-refractivity contribution in [2.75, 3.05) is 19.7 Å². The Morgan fingerprint density at radius 3 is 2.52 bits per heavy atom. The van der Waals surface area contributed by atoms with Crippen LogP contribution in [-0.2, 0) is 16.1 Å². The molecule has 5 nitrogen and oxygen atoms in total. The number of likely N-dealkylation sites (tertiary alicyclic amines) is 1. The molecule has 0 saturated carbocycles. The Balaban J connectivity index is 1.44. The van der Waals surface area contributed by atoms with Gasteiger partial charge in [-0.25, -0.2) is 4.39 Å². The number of hydrogen-bond donors (Lipinski definition) is 1. The van der Waals surface area contributed by atoms with Gasteiger partial charge in [-0.3, -0.25) is 9.59 Å². The summed E-state index contributed by atoms with van der Waals surface area (Å²) in [6.07, 6.45) is 4.60. The SMILES string of the molecule is CCOc1ccc(/C=C/C(=O)N2CCC(C(=O)NCc3ccc(C)c(F)c3)CC2)cc1. The van der Waals surface area contributed by atoms with Crippen LogP contribution in [0.4, 0.5) is 4.39 Å². The van der Waals surface area contributed by atoms with Crippen molar-refractivity contribution in [1.82, 2.24) is 10.2 Å². The van der Waals surface area contributed by atoms with Crippen LogP contribution in [-0.4, -0.2) is 36.4 Å². The molecule has 1 aliphatic heterocycles. The van der Waals surface area contributed by atoms with Crippen molar-refractivity contribution in [3.05, 3.63) is 71.0 Å². The molecule has 1 aliphatic rings. The Kier molecular flexibility index (Phi) is 7.82. The van der Waals surface area contributed by atoms with Gasteiger partial charge in [0.25, 0.3) is 0 Å². The molecule has 3 rings (SSSR count). The first-order valence-corrected chi connectivity index (χ1v) is 10.7. The van der Waals surface area contributed by atoms with Crippen LogP contribution in [0.2, 0.25) is 0 Å². The summed E-state index contributed by atoms with van der Waals surface area (Å²) >= 11 is 0. The summed E-state index contributed by atoms with van der Waals surface area (Å²) in [5.74, 6) is 0.311. The van der Waals surface area contributed by atoms with Gasteiger partial charge in [-0.1, -0.05) is 24.3 Å². The molecule has 6 heteroatoms. The quantitative estimate of drug-likeness (QED) is 0.681. The van der Waals surface area contributed by atoms with E-state index in [0.29, 0.717) is 44.6 Å². The summed E-state index contributed by atoms with van der Waals surface area (Å²) < 4.78 is 19.1. The molecule has 164 valence electrons. The van der Waals surface area contributed by atoms with E-state index >= 15 is 0 Å². The predicted molar refractivity (Wildman–Crippen MR) is 119 cm³/mol. The van der Waals surface area contributed by atoms with Crippen molar-refractivity contribution in [1.29, 1.82) is 0 Å². The Hall–Kier alpha value is -3.15. The van der Waals surface area contributed by atoms with Gasteiger partial charge in [0.2, 0.25) is 11.8 Å². The molecular weight excluding hydrogens is 395 g/mol. The van der Waals surface area contributed by atoms with Gasteiger partial charge < -0.3 is 15.0 Å². The van der Waals surface area contributed by atoms with Crippen molar-refractivity contribution in [3.63, 3.8) is 0 Å². The Bertz CT molecular complexity index is 932. The van der Waals surface area contributed by atoms with E-state index < -0.39 is 0 Å². The van der Waals surface area contributed by atoms with E-state index in [2.05, 4.69) is 5.32 Å². The number of hydrogen-bond acceptors (Lipinski definition) is 3. The maximum Gasteiger partial charge on any atom is 0.246 e. The van der Waals surface area contributed by atoms with Gasteiger partial charge in [0.15, 0.2) is 0 Å². The van der Waals surface area contributed by atoms with Gasteiger partial charge in [-0.15, -0.1) is 0 Å². The Labute approximate surface area is 182 Å². The van der Waals surface area contributed by atoms with Crippen LogP contribution >= 0.6 is 0 Å². The van der Waals surface area contributed by atoms with Gasteiger partial charge in [0.1, 0.15) is 11.6 Å². The first kappa shape index (κ1) is 22.5. The van der Waals surface area contributed by atoms with Crippen LogP contribution in [0.25, 0.3) is 6.08 Å². The average molecular weight is 425 g/mol. The zero-order chi connectivity index (χ0) is 22.2. The number of halogens is 1. The predicted octanol–water partition coefficient (Wildman–Crippen LogP) is 4.10. The number of rotatable bonds is 7. The third-order valence-electron chi connectivity index (χ3n) is 5.49. The van der Waals surface area contributed by atoms with Crippen LogP contribution in [0.3, 0.4) is 0 Å². The van der Waals surface area contributed by atoms with E-state index in [1.54, 1.807) is 30.0 Å². The Morgan fingerprint density at radius 1 is 1.16 bits per heavy atom. The van der Waals surface area contributed by atoms with Gasteiger partial charge >= 0.3 is 0 Å². The zero-order valence-electron chi connectivity index (χ0n) is 18.1. The number of benzene rings is 2. The highest BCUT2D eigenvalue weighted by Gasteiger charge is 2.26. The normalized spacial score (nSPS) is 14.6. The van der Waals surface area contributed by atoms with E-state index in [1.165, 1.54) is 6.07 Å². The second kappa shape index (κ2) is 10.8. The summed E-state index contributed by atoms with van der Waals surface area (Å²) in [4.78, 5) is 26.7. The monoisotopic (exact) mass is 424 g/mol. The standard InChI is InChI=1S/C25H29FN2O3/c1-3-31-22-9-6-19(7-10-22)8-11-24(29)28-14-12-21(13-15-28)25(30)27-17-20-5-4-18(2)23(26)16-20/h4-11,16,21H,3,12-15,17H2,1-2H3,(H,27,30)/b11-8+. The number of piperidine rings is 1. The van der Waals surface area contributed by atoms with E-state index in [1.807, 2.05) is 37.3 Å². The zero-order valence-corrected chi connectivity index (χ0v) is 18.1. The van der Waals surface area contributed by atoms with Crippen LogP contribution < -0.4 is 10.1 Å². The van der Waals surface area contributed by atoms with Crippen molar-refractivity contribution < 1.29 is 18.7 Å². The van der Waals surface area contributed by atoms with Crippen LogP contribution in [0.15, 0.2) is 48.5 Å². The lowest BCUT2D eigenvalue weighted by Crippen LogP contribution is -2.42. The molecular formula is C25H29FN2O3. The average Bonchev–Trinajstić information content (AvgIpc) is 2.79. The fourth-order valence-corrected chi connectivity index (χ4v) is 3.56. The molecule has 0 radical (unpaired) electrons. The minimum atomic E-state index is -0.267. The highest BCUT2D eigenvalue weighted by molar-refractivity contribution is 5.92. The molecule has 0 aromatic heterocycles. The van der Waals surface area contributed by atoms with Crippen LogP contribution in [0.1, 0.15) is 36.5 Å². The van der Waals surface area contributed by atoms with Gasteiger partial charge in [0, 0.05) is 31.6 Å². The molecule has 0 unspecified atom stereocenters. The van der Waals surface area contributed by atoms with E-state index in [0.717, 1.165) is 16.9 Å². The second-order valence-corrected chi connectivity index (χ2v) is 7.74. The maximum atomic E-state index is 13.6. The first-order chi connectivity index (χ1) is 15.0. The summed E-state index contributed by atoms with van der Waals surface area (Å²) in [5.41, 5.74) is 2.26. The highest BCUT2D eigenvalue weighted by Crippen LogP contribution is 2.19. The van der Waals surface area contributed by atoms with Crippen LogP contribution in [0, 0.1) is 18.7 Å². The number of carbonyl (C=O) groups excluding carboxylic acids is 2. The van der Waals surface area contributed by atoms with E-state index in [-0.39, 0.29) is 23.5 Å². The minimum absolute atomic E-state index is 0.0435. The fourth-order valence-electron chi connectivity index (χ4n) is 3.56. The Morgan fingerprint density at radius 2 is 1.87 bits per heavy atom. The molecule has 1 heterocycles. The molecule has 1 N–H and O–H groups in total. The lowest BCUT2D eigenvalue weighted by Gasteiger charge is -2.30. The molecule has 0 atom stereocenters. The summed E-state index contributed by atoms with van der Waals surface area (Å²) in [6.45, 7) is 5.66. The summed E-state index contributed by atoms with van der Waals surface area (Å²) in [7, 11) is 0. The molecule has 1 fully saturated rings. The molecule has 31 heavy (non-hydrogen) atoms. The smallest absolute Gasteiger partial charge is 0.246 e. The molecule has 0 spiro atoms. The topological polar surface area (TPSA) is 58.6 Å². The van der Waals surface area contributed by atoms with Gasteiger partial charge in [-0.05, 0) is 67.7 Å². The van der Waals surface area contributed by atoms with Crippen molar-refractivity contribution in [2.24, 2.45) is 5.92 Å². The van der Waals surface area contributed by atoms with Crippen molar-refractivity contribution in [2.45, 2.75) is 33.2 Å². The molecule has 1 saturated heterocycles. The molecule has 2 aromatic carbocycles. The highest BCUT2D eigenvalue weighted by atomic mass is 19.1. The fraction of sp³-hybridized carbons (Fsp3) is 0.360. The van der Waals surface area contributed by atoms with Crippen molar-refractivity contribution in [3.8, 4) is 5.75 Å². The lowest BCUT2D eigenvalue weighted by atomic mass is 9.95. The molecule has 2 amide bonds. The largest absolute Gasteiger partial charge is 0.494 e. The number of nitrogens with zero attached hydrogens (tertiary/aromatic N) is 1. The number of amides is 2. The summed E-state index contributed by atoms with van der Waals surface area (Å²) in [5, 5.41) is 2.89. The molecule has 0 bridgehead atoms. The van der Waals surface area contributed by atoms with E-state index in [4.69, 9.17) is 4.74 Å².